The fourth-order valence-electron chi connectivity index (χ4n) is 6.96. The van der Waals surface area contributed by atoms with Gasteiger partial charge in [0.15, 0.2) is 11.5 Å². The lowest BCUT2D eigenvalue weighted by Gasteiger charge is -2.57. The minimum absolute atomic E-state index is 0.0714. The first kappa shape index (κ1) is 20.2. The van der Waals surface area contributed by atoms with Gasteiger partial charge in [0.2, 0.25) is 0 Å². The second-order valence-corrected chi connectivity index (χ2v) is 10.5. The van der Waals surface area contributed by atoms with E-state index in [4.69, 9.17) is 14.2 Å². The van der Waals surface area contributed by atoms with Crippen molar-refractivity contribution >= 4 is 5.97 Å². The number of methoxy groups -OCH3 is 1. The molecule has 4 aliphatic rings. The number of likely N-dealkylation sites (tertiary alicyclic amines) is 1. The highest BCUT2D eigenvalue weighted by molar-refractivity contribution is 5.90. The van der Waals surface area contributed by atoms with E-state index in [0.29, 0.717) is 30.2 Å². The largest absolute Gasteiger partial charge is 0.493 e. The number of aromatic amines is 1. The van der Waals surface area contributed by atoms with Crippen LogP contribution in [0.1, 0.15) is 64.8 Å². The molecule has 6 rings (SSSR count). The second-order valence-electron chi connectivity index (χ2n) is 10.5. The van der Waals surface area contributed by atoms with Gasteiger partial charge in [0.25, 0.3) is 0 Å². The number of nitrogens with zero attached hydrogens (tertiary/aromatic N) is 1. The van der Waals surface area contributed by atoms with Crippen LogP contribution in [0.2, 0.25) is 0 Å². The van der Waals surface area contributed by atoms with Gasteiger partial charge in [0.05, 0.1) is 19.4 Å². The molecule has 170 valence electrons. The summed E-state index contributed by atoms with van der Waals surface area (Å²) in [5.74, 6) is 2.21. The fourth-order valence-corrected chi connectivity index (χ4v) is 6.96. The van der Waals surface area contributed by atoms with E-state index in [1.165, 1.54) is 16.7 Å². The molecule has 32 heavy (non-hydrogen) atoms. The lowest BCUT2D eigenvalue weighted by atomic mass is 9.51. The van der Waals surface area contributed by atoms with Crippen LogP contribution in [0.25, 0.3) is 0 Å². The number of H-pyrrole nitrogens is 1. The predicted octanol–water partition coefficient (Wildman–Crippen LogP) is 3.95. The van der Waals surface area contributed by atoms with E-state index in [-0.39, 0.29) is 17.5 Å². The number of carbonyl (C=O) groups excluding carboxylic acids is 1. The maximum atomic E-state index is 12.9. The molecule has 1 aromatic carbocycles. The third-order valence-corrected chi connectivity index (χ3v) is 8.45. The molecule has 1 saturated heterocycles. The third kappa shape index (κ3) is 2.42. The Morgan fingerprint density at radius 2 is 2.16 bits per heavy atom. The number of aromatic nitrogens is 1. The summed E-state index contributed by atoms with van der Waals surface area (Å²) in [7, 11) is 3.97. The molecule has 0 saturated carbocycles. The molecule has 6 heteroatoms. The number of hydrogen-bond donors (Lipinski definition) is 1. The fraction of sp³-hybridized carbons (Fsp3) is 0.577. The summed E-state index contributed by atoms with van der Waals surface area (Å²) < 4.78 is 18.1. The number of ether oxygens (including phenoxy) is 3. The van der Waals surface area contributed by atoms with Gasteiger partial charge in [-0.3, -0.25) is 0 Å². The maximum absolute atomic E-state index is 12.9. The number of likely N-dealkylation sites (N-methyl/N-ethyl adjacent to an activating group) is 1. The summed E-state index contributed by atoms with van der Waals surface area (Å²) in [5, 5.41) is 0. The van der Waals surface area contributed by atoms with Crippen LogP contribution >= 0.6 is 0 Å². The lowest BCUT2D eigenvalue weighted by molar-refractivity contribution is -0.0256. The number of esters is 1. The summed E-state index contributed by atoms with van der Waals surface area (Å²) in [6, 6.07) is 4.76. The van der Waals surface area contributed by atoms with Crippen molar-refractivity contribution < 1.29 is 19.0 Å². The zero-order valence-electron chi connectivity index (χ0n) is 19.6. The highest BCUT2D eigenvalue weighted by Crippen LogP contribution is 2.67. The van der Waals surface area contributed by atoms with Crippen LogP contribution in [0.5, 0.6) is 11.5 Å². The molecule has 0 radical (unpaired) electrons. The standard InChI is InChI=1S/C26H32N2O4/c1-13(2)12-31-25(29)21-14(3)16-11-17-18-10-15-6-7-19(30-5)23-20(15)26(17,8-9-28(18)4)24(32-23)22(16)27-21/h6-7,13,17-18,24,27H,8-12H2,1-5H3/t17-,18?,24-,26?/m0/s1. The van der Waals surface area contributed by atoms with Gasteiger partial charge in [0.1, 0.15) is 11.8 Å². The van der Waals surface area contributed by atoms with E-state index >= 15 is 0 Å². The van der Waals surface area contributed by atoms with Crippen molar-refractivity contribution in [1.82, 2.24) is 9.88 Å². The Morgan fingerprint density at radius 3 is 2.91 bits per heavy atom. The van der Waals surface area contributed by atoms with Crippen molar-refractivity contribution in [1.29, 1.82) is 0 Å². The Bertz CT molecular complexity index is 1120. The van der Waals surface area contributed by atoms with Crippen LogP contribution in [-0.2, 0) is 23.0 Å². The Morgan fingerprint density at radius 1 is 1.34 bits per heavy atom. The van der Waals surface area contributed by atoms with Gasteiger partial charge in [-0.05, 0) is 74.4 Å². The third-order valence-electron chi connectivity index (χ3n) is 8.45. The van der Waals surface area contributed by atoms with Gasteiger partial charge in [-0.2, -0.15) is 0 Å². The molecule has 1 N–H and O–H groups in total. The minimum atomic E-state index is -0.264. The molecule has 0 amide bonds. The summed E-state index contributed by atoms with van der Waals surface area (Å²) >= 11 is 0. The van der Waals surface area contributed by atoms with Crippen molar-refractivity contribution in [3.8, 4) is 11.5 Å². The summed E-state index contributed by atoms with van der Waals surface area (Å²) in [5.41, 5.74) is 6.57. The van der Waals surface area contributed by atoms with Crippen LogP contribution in [0, 0.1) is 18.8 Å². The van der Waals surface area contributed by atoms with Crippen LogP contribution in [-0.4, -0.2) is 49.2 Å². The Balaban J connectivity index is 1.52. The van der Waals surface area contributed by atoms with Gasteiger partial charge in [0, 0.05) is 17.0 Å². The van der Waals surface area contributed by atoms with E-state index in [2.05, 4.69) is 43.8 Å². The highest BCUT2D eigenvalue weighted by Gasteiger charge is 2.65. The van der Waals surface area contributed by atoms with E-state index in [1.807, 2.05) is 6.07 Å². The van der Waals surface area contributed by atoms with Crippen molar-refractivity contribution in [2.24, 2.45) is 11.8 Å². The van der Waals surface area contributed by atoms with Crippen LogP contribution in [0.4, 0.5) is 0 Å². The molecule has 1 aromatic heterocycles. The molecule has 1 fully saturated rings. The molecule has 2 aromatic rings. The number of piperidine rings is 1. The van der Waals surface area contributed by atoms with E-state index in [1.54, 1.807) is 7.11 Å². The van der Waals surface area contributed by atoms with E-state index in [0.717, 1.165) is 48.6 Å². The van der Waals surface area contributed by atoms with Crippen LogP contribution < -0.4 is 9.47 Å². The predicted molar refractivity (Wildman–Crippen MR) is 121 cm³/mol. The minimum Gasteiger partial charge on any atom is -0.493 e. The number of benzene rings is 1. The number of carbonyl (C=O) groups is 1. The first-order valence-electron chi connectivity index (χ1n) is 11.8. The van der Waals surface area contributed by atoms with Gasteiger partial charge in [-0.15, -0.1) is 0 Å². The zero-order chi connectivity index (χ0) is 22.4. The normalized spacial score (nSPS) is 29.4. The Kier molecular flexibility index (Phi) is 4.26. The molecule has 4 atom stereocenters. The molecular weight excluding hydrogens is 404 g/mol. The first-order valence-corrected chi connectivity index (χ1v) is 11.8. The van der Waals surface area contributed by atoms with E-state index in [9.17, 15) is 4.79 Å². The second kappa shape index (κ2) is 6.77. The molecule has 1 spiro atoms. The van der Waals surface area contributed by atoms with Crippen molar-refractivity contribution in [3.63, 3.8) is 0 Å². The molecule has 2 bridgehead atoms. The monoisotopic (exact) mass is 436 g/mol. The SMILES string of the molecule is COc1ccc2c3c1O[C@H]1c4[nH]c(C(=O)OCC(C)C)c(C)c4C[C@H]4C(C2)N(C)CCC314. The topological polar surface area (TPSA) is 63.8 Å². The zero-order valence-corrected chi connectivity index (χ0v) is 19.6. The molecular formula is C26H32N2O4. The van der Waals surface area contributed by atoms with Gasteiger partial charge in [-0.25, -0.2) is 4.79 Å². The molecule has 3 heterocycles. The number of fused-ring (bicyclic) bond motifs is 2. The Hall–Kier alpha value is -2.47. The van der Waals surface area contributed by atoms with Crippen LogP contribution in [0.3, 0.4) is 0 Å². The summed E-state index contributed by atoms with van der Waals surface area (Å²) in [4.78, 5) is 18.9. The van der Waals surface area contributed by atoms with Crippen molar-refractivity contribution in [3.05, 3.63) is 45.8 Å². The smallest absolute Gasteiger partial charge is 0.355 e. The molecule has 2 aliphatic carbocycles. The number of rotatable bonds is 4. The molecule has 2 unspecified atom stereocenters. The van der Waals surface area contributed by atoms with Crippen molar-refractivity contribution in [2.75, 3.05) is 27.3 Å². The highest BCUT2D eigenvalue weighted by atomic mass is 16.5. The first-order chi connectivity index (χ1) is 15.4. The number of hydrogen-bond acceptors (Lipinski definition) is 5. The quantitative estimate of drug-likeness (QED) is 0.736. The molecule has 2 aliphatic heterocycles. The van der Waals surface area contributed by atoms with Gasteiger partial charge >= 0.3 is 5.97 Å². The number of nitrogens with one attached hydrogen (secondary N) is 1. The maximum Gasteiger partial charge on any atom is 0.355 e. The molecule has 6 nitrogen and oxygen atoms in total. The average Bonchev–Trinajstić information content (AvgIpc) is 3.29. The van der Waals surface area contributed by atoms with Crippen LogP contribution in [0.15, 0.2) is 12.1 Å². The summed E-state index contributed by atoms with van der Waals surface area (Å²) in [6.07, 6.45) is 2.92. The average molecular weight is 437 g/mol. The van der Waals surface area contributed by atoms with Gasteiger partial charge < -0.3 is 24.1 Å². The van der Waals surface area contributed by atoms with E-state index < -0.39 is 0 Å². The van der Waals surface area contributed by atoms with Gasteiger partial charge in [-0.1, -0.05) is 19.9 Å². The summed E-state index contributed by atoms with van der Waals surface area (Å²) in [6.45, 7) is 7.63. The Labute approximate surface area is 189 Å². The van der Waals surface area contributed by atoms with Crippen molar-refractivity contribution in [2.45, 2.75) is 57.6 Å². The lowest BCUT2D eigenvalue weighted by Crippen LogP contribution is -2.62.